The van der Waals surface area contributed by atoms with E-state index in [0.717, 1.165) is 6.07 Å². The molecule has 5 nitrogen and oxygen atoms in total. The average molecular weight is 285 g/mol. The zero-order chi connectivity index (χ0) is 13.8. The van der Waals surface area contributed by atoms with Crippen molar-refractivity contribution in [2.45, 2.75) is 6.36 Å². The highest BCUT2D eigenvalue weighted by atomic mass is 32.2. The van der Waals surface area contributed by atoms with E-state index in [0.29, 0.717) is 0 Å². The van der Waals surface area contributed by atoms with E-state index in [9.17, 15) is 21.6 Å². The zero-order valence-electron chi connectivity index (χ0n) is 8.98. The Bertz CT molecular complexity index is 501. The smallest absolute Gasteiger partial charge is 0.489 e. The molecule has 1 rings (SSSR count). The fraction of sp³-hybridized carbons (Fsp3) is 0.333. The third-order valence-electron chi connectivity index (χ3n) is 1.70. The highest BCUT2D eigenvalue weighted by Crippen LogP contribution is 2.31. The number of ether oxygens (including phenoxy) is 2. The van der Waals surface area contributed by atoms with Crippen LogP contribution >= 0.6 is 0 Å². The van der Waals surface area contributed by atoms with Crippen LogP contribution in [0.4, 0.5) is 13.2 Å². The Morgan fingerprint density at radius 2 is 1.72 bits per heavy atom. The maximum Gasteiger partial charge on any atom is 0.573 e. The summed E-state index contributed by atoms with van der Waals surface area (Å²) in [5, 5.41) is 4.72. The first-order valence-electron chi connectivity index (χ1n) is 4.65. The number of hydrogen-bond donors (Lipinski definition) is 1. The first-order valence-corrected chi connectivity index (χ1v) is 6.37. The van der Waals surface area contributed by atoms with Gasteiger partial charge in [0.15, 0.2) is 11.5 Å². The second kappa shape index (κ2) is 5.44. The molecule has 9 heteroatoms. The van der Waals surface area contributed by atoms with Crippen LogP contribution in [-0.4, -0.2) is 27.1 Å². The summed E-state index contributed by atoms with van der Waals surface area (Å²) in [7, 11) is -3.73. The monoisotopic (exact) mass is 285 g/mol. The van der Waals surface area contributed by atoms with Crippen LogP contribution in [0.2, 0.25) is 0 Å². The van der Waals surface area contributed by atoms with E-state index in [2.05, 4.69) is 4.74 Å². The maximum absolute atomic E-state index is 12.0. The first kappa shape index (κ1) is 14.6. The average Bonchev–Trinajstić information content (AvgIpc) is 2.16. The van der Waals surface area contributed by atoms with Gasteiger partial charge in [0.25, 0.3) is 0 Å². The fourth-order valence-electron chi connectivity index (χ4n) is 1.05. The molecule has 0 fully saturated rings. The van der Waals surface area contributed by atoms with Gasteiger partial charge in [-0.15, -0.1) is 13.2 Å². The molecule has 0 saturated carbocycles. The van der Waals surface area contributed by atoms with Gasteiger partial charge in [-0.2, -0.15) is 0 Å². The van der Waals surface area contributed by atoms with Crippen molar-refractivity contribution in [2.75, 3.05) is 12.4 Å². The molecular weight excluding hydrogens is 275 g/mol. The number of hydrogen-bond acceptors (Lipinski definition) is 4. The lowest BCUT2D eigenvalue weighted by atomic mass is 10.3. The summed E-state index contributed by atoms with van der Waals surface area (Å²) in [4.78, 5) is 0. The number of sulfonamides is 1. The molecule has 0 aliphatic heterocycles. The summed E-state index contributed by atoms with van der Waals surface area (Å²) >= 11 is 0. The van der Waals surface area contributed by atoms with Crippen molar-refractivity contribution in [3.8, 4) is 11.5 Å². The SMILES string of the molecule is NS(=O)(=O)CCOc1ccccc1OC(F)(F)F. The third kappa shape index (κ3) is 5.73. The summed E-state index contributed by atoms with van der Waals surface area (Å²) in [5.41, 5.74) is 0. The zero-order valence-corrected chi connectivity index (χ0v) is 9.79. The number of alkyl halides is 3. The number of halogens is 3. The molecular formula is C9H10F3NO4S. The van der Waals surface area contributed by atoms with Crippen molar-refractivity contribution in [2.24, 2.45) is 5.14 Å². The number of rotatable bonds is 5. The predicted molar refractivity (Wildman–Crippen MR) is 56.6 cm³/mol. The lowest BCUT2D eigenvalue weighted by Gasteiger charge is -2.13. The van der Waals surface area contributed by atoms with Gasteiger partial charge in [-0.3, -0.25) is 0 Å². The fourth-order valence-corrected chi connectivity index (χ4v) is 1.36. The molecule has 0 saturated heterocycles. The summed E-state index contributed by atoms with van der Waals surface area (Å²) in [6, 6.07) is 5.03. The third-order valence-corrected chi connectivity index (χ3v) is 2.44. The largest absolute Gasteiger partial charge is 0.573 e. The van der Waals surface area contributed by atoms with Gasteiger partial charge in [-0.05, 0) is 12.1 Å². The summed E-state index contributed by atoms with van der Waals surface area (Å²) in [6.45, 7) is -0.364. The highest BCUT2D eigenvalue weighted by molar-refractivity contribution is 7.89. The van der Waals surface area contributed by atoms with Crippen molar-refractivity contribution >= 4 is 10.0 Å². The van der Waals surface area contributed by atoms with Gasteiger partial charge in [0.05, 0.1) is 5.75 Å². The van der Waals surface area contributed by atoms with E-state index < -0.39 is 27.9 Å². The van der Waals surface area contributed by atoms with Crippen molar-refractivity contribution in [1.82, 2.24) is 0 Å². The quantitative estimate of drug-likeness (QED) is 0.883. The molecule has 0 amide bonds. The molecule has 0 aliphatic carbocycles. The van der Waals surface area contributed by atoms with Gasteiger partial charge in [0.1, 0.15) is 6.61 Å². The molecule has 0 aromatic heterocycles. The topological polar surface area (TPSA) is 78.6 Å². The molecule has 1 aromatic rings. The Hall–Kier alpha value is -1.48. The van der Waals surface area contributed by atoms with Gasteiger partial charge in [0, 0.05) is 0 Å². The molecule has 18 heavy (non-hydrogen) atoms. The maximum atomic E-state index is 12.0. The molecule has 0 aliphatic rings. The van der Waals surface area contributed by atoms with Crippen LogP contribution < -0.4 is 14.6 Å². The first-order chi connectivity index (χ1) is 8.17. The Balaban J connectivity index is 2.71. The second-order valence-corrected chi connectivity index (χ2v) is 4.94. The Morgan fingerprint density at radius 1 is 1.17 bits per heavy atom. The van der Waals surface area contributed by atoms with Gasteiger partial charge in [0.2, 0.25) is 10.0 Å². The van der Waals surface area contributed by atoms with E-state index in [1.165, 1.54) is 18.2 Å². The van der Waals surface area contributed by atoms with E-state index in [1.807, 2.05) is 0 Å². The molecule has 0 bridgehead atoms. The molecule has 0 radical (unpaired) electrons. The molecule has 0 atom stereocenters. The number of primary sulfonamides is 1. The van der Waals surface area contributed by atoms with Crippen LogP contribution in [0.1, 0.15) is 0 Å². The molecule has 1 aromatic carbocycles. The Kier molecular flexibility index (Phi) is 4.41. The summed E-state index contributed by atoms with van der Waals surface area (Å²) in [5.74, 6) is -1.26. The van der Waals surface area contributed by atoms with Gasteiger partial charge < -0.3 is 9.47 Å². The van der Waals surface area contributed by atoms with Crippen LogP contribution in [-0.2, 0) is 10.0 Å². The number of benzene rings is 1. The predicted octanol–water partition coefficient (Wildman–Crippen LogP) is 1.25. The van der Waals surface area contributed by atoms with Crippen molar-refractivity contribution < 1.29 is 31.1 Å². The molecule has 2 N–H and O–H groups in total. The van der Waals surface area contributed by atoms with Crippen LogP contribution in [0.5, 0.6) is 11.5 Å². The summed E-state index contributed by atoms with van der Waals surface area (Å²) < 4.78 is 65.9. The minimum atomic E-state index is -4.85. The summed E-state index contributed by atoms with van der Waals surface area (Å²) in [6.07, 6.45) is -4.85. The number of nitrogens with two attached hydrogens (primary N) is 1. The molecule has 0 spiro atoms. The standard InChI is InChI=1S/C9H10F3NO4S/c10-9(11,12)17-8-4-2-1-3-7(8)16-5-6-18(13,14)15/h1-4H,5-6H2,(H2,13,14,15). The van der Waals surface area contributed by atoms with Gasteiger partial charge in [-0.25, -0.2) is 13.6 Å². The van der Waals surface area contributed by atoms with Crippen molar-refractivity contribution in [3.05, 3.63) is 24.3 Å². The van der Waals surface area contributed by atoms with Crippen LogP contribution in [0, 0.1) is 0 Å². The lowest BCUT2D eigenvalue weighted by Crippen LogP contribution is -2.22. The normalized spacial score (nSPS) is 12.2. The lowest BCUT2D eigenvalue weighted by molar-refractivity contribution is -0.275. The number of para-hydroxylation sites is 2. The minimum Gasteiger partial charge on any atom is -0.489 e. The van der Waals surface area contributed by atoms with Gasteiger partial charge in [-0.1, -0.05) is 12.1 Å². The second-order valence-electron chi connectivity index (χ2n) is 3.21. The van der Waals surface area contributed by atoms with Crippen LogP contribution in [0.25, 0.3) is 0 Å². The molecule has 0 heterocycles. The van der Waals surface area contributed by atoms with Crippen molar-refractivity contribution in [3.63, 3.8) is 0 Å². The van der Waals surface area contributed by atoms with Crippen LogP contribution in [0.15, 0.2) is 24.3 Å². The molecule has 102 valence electrons. The Labute approximate surface area is 101 Å². The highest BCUT2D eigenvalue weighted by Gasteiger charge is 2.32. The minimum absolute atomic E-state index is 0.210. The van der Waals surface area contributed by atoms with E-state index in [-0.39, 0.29) is 12.4 Å². The van der Waals surface area contributed by atoms with Crippen molar-refractivity contribution in [1.29, 1.82) is 0 Å². The molecule has 0 unspecified atom stereocenters. The van der Waals surface area contributed by atoms with Crippen LogP contribution in [0.3, 0.4) is 0 Å². The van der Waals surface area contributed by atoms with E-state index >= 15 is 0 Å². The van der Waals surface area contributed by atoms with E-state index in [4.69, 9.17) is 9.88 Å². The van der Waals surface area contributed by atoms with Gasteiger partial charge >= 0.3 is 6.36 Å². The Morgan fingerprint density at radius 3 is 2.22 bits per heavy atom. The van der Waals surface area contributed by atoms with E-state index in [1.54, 1.807) is 0 Å².